The molecule has 0 bridgehead atoms. The summed E-state index contributed by atoms with van der Waals surface area (Å²) in [6.45, 7) is 2.50. The summed E-state index contributed by atoms with van der Waals surface area (Å²) in [6, 6.07) is 5.31. The predicted octanol–water partition coefficient (Wildman–Crippen LogP) is 3.43. The molecule has 0 radical (unpaired) electrons. The number of hydrogen-bond acceptors (Lipinski definition) is 4. The number of fused-ring (bicyclic) bond motifs is 2. The molecule has 4 nitrogen and oxygen atoms in total. The lowest BCUT2D eigenvalue weighted by Crippen LogP contribution is -2.41. The van der Waals surface area contributed by atoms with E-state index in [9.17, 15) is 0 Å². The van der Waals surface area contributed by atoms with Crippen molar-refractivity contribution < 1.29 is 0 Å². The minimum absolute atomic E-state index is 0.543. The number of anilines is 1. The van der Waals surface area contributed by atoms with Crippen LogP contribution in [0, 0.1) is 0 Å². The van der Waals surface area contributed by atoms with Crippen molar-refractivity contribution >= 4 is 32.7 Å². The van der Waals surface area contributed by atoms with E-state index in [1.807, 2.05) is 18.5 Å². The molecule has 0 aliphatic carbocycles. The van der Waals surface area contributed by atoms with Gasteiger partial charge in [0.05, 0.1) is 11.2 Å². The van der Waals surface area contributed by atoms with Crippen LogP contribution >= 0.6 is 15.9 Å². The molecule has 0 amide bonds. The Morgan fingerprint density at radius 1 is 1.19 bits per heavy atom. The van der Waals surface area contributed by atoms with Crippen molar-refractivity contribution in [3.8, 4) is 0 Å². The number of aromatic nitrogens is 2. The summed E-state index contributed by atoms with van der Waals surface area (Å²) in [4.78, 5) is 11.6. The zero-order valence-electron chi connectivity index (χ0n) is 11.9. The molecule has 110 valence electrons. The van der Waals surface area contributed by atoms with E-state index in [2.05, 4.69) is 42.2 Å². The highest BCUT2D eigenvalue weighted by atomic mass is 79.9. The first-order valence-electron chi connectivity index (χ1n) is 7.72. The van der Waals surface area contributed by atoms with Gasteiger partial charge in [0.25, 0.3) is 0 Å². The molecule has 2 fully saturated rings. The number of nitrogens with one attached hydrogen (secondary N) is 1. The van der Waals surface area contributed by atoms with Gasteiger partial charge in [-0.1, -0.05) is 6.42 Å². The molecule has 5 heteroatoms. The maximum Gasteiger partial charge on any atom is 0.112 e. The van der Waals surface area contributed by atoms with Crippen LogP contribution in [-0.4, -0.2) is 40.0 Å². The molecular weight excluding hydrogens is 328 g/mol. The molecule has 0 aromatic carbocycles. The van der Waals surface area contributed by atoms with Crippen molar-refractivity contribution in [3.05, 3.63) is 29.0 Å². The third-order valence-corrected chi connectivity index (χ3v) is 5.17. The summed E-state index contributed by atoms with van der Waals surface area (Å²) >= 11 is 3.46. The van der Waals surface area contributed by atoms with Crippen LogP contribution in [0.3, 0.4) is 0 Å². The molecule has 2 aliphatic rings. The van der Waals surface area contributed by atoms with Gasteiger partial charge in [-0.05, 0) is 53.9 Å². The van der Waals surface area contributed by atoms with Crippen molar-refractivity contribution in [2.45, 2.75) is 37.8 Å². The molecule has 1 N–H and O–H groups in total. The van der Waals surface area contributed by atoms with Crippen LogP contribution in [0.2, 0.25) is 0 Å². The van der Waals surface area contributed by atoms with Crippen molar-refractivity contribution in [1.82, 2.24) is 14.9 Å². The Bertz CT molecular complexity index is 660. The van der Waals surface area contributed by atoms with Gasteiger partial charge >= 0.3 is 0 Å². The zero-order chi connectivity index (χ0) is 14.2. The number of halogens is 1. The highest BCUT2D eigenvalue weighted by Crippen LogP contribution is 2.31. The van der Waals surface area contributed by atoms with Crippen LogP contribution in [0.1, 0.15) is 25.7 Å². The minimum Gasteiger partial charge on any atom is -0.379 e. The van der Waals surface area contributed by atoms with E-state index in [1.54, 1.807) is 0 Å². The van der Waals surface area contributed by atoms with E-state index >= 15 is 0 Å². The van der Waals surface area contributed by atoms with Gasteiger partial charge in [0.2, 0.25) is 0 Å². The lowest BCUT2D eigenvalue weighted by atomic mass is 9.99. The van der Waals surface area contributed by atoms with Crippen LogP contribution < -0.4 is 5.32 Å². The van der Waals surface area contributed by atoms with Gasteiger partial charge in [0.1, 0.15) is 5.52 Å². The molecule has 2 aromatic rings. The summed E-state index contributed by atoms with van der Waals surface area (Å²) in [6.07, 6.45) is 8.98. The van der Waals surface area contributed by atoms with Crippen LogP contribution in [0.25, 0.3) is 11.0 Å². The second kappa shape index (κ2) is 5.54. The van der Waals surface area contributed by atoms with Crippen molar-refractivity contribution in [2.75, 3.05) is 18.4 Å². The highest BCUT2D eigenvalue weighted by Gasteiger charge is 2.35. The fourth-order valence-corrected chi connectivity index (χ4v) is 4.06. The Kier molecular flexibility index (Phi) is 3.55. The van der Waals surface area contributed by atoms with Gasteiger partial charge in [-0.25, -0.2) is 0 Å². The van der Waals surface area contributed by atoms with Gasteiger partial charge in [0.15, 0.2) is 0 Å². The quantitative estimate of drug-likeness (QED) is 0.904. The van der Waals surface area contributed by atoms with Crippen molar-refractivity contribution in [3.63, 3.8) is 0 Å². The van der Waals surface area contributed by atoms with Crippen LogP contribution in [0.5, 0.6) is 0 Å². The van der Waals surface area contributed by atoms with E-state index in [4.69, 9.17) is 0 Å². The molecule has 0 spiro atoms. The number of nitrogens with zero attached hydrogens (tertiary/aromatic N) is 3. The largest absolute Gasteiger partial charge is 0.379 e. The molecule has 2 aliphatic heterocycles. The lowest BCUT2D eigenvalue weighted by Gasteiger charge is -2.33. The lowest BCUT2D eigenvalue weighted by molar-refractivity contribution is 0.193. The van der Waals surface area contributed by atoms with Gasteiger partial charge in [-0.3, -0.25) is 14.9 Å². The maximum absolute atomic E-state index is 4.54. The second-order valence-electron chi connectivity index (χ2n) is 6.02. The standard InChI is InChI=1S/C16H19BrN4/c17-11-9-14-16(19-10-11)13(4-6-18-14)20-12-5-8-21-7-2-1-3-15(12)21/h4,6,9-10,12,15H,1-3,5,7-8H2,(H,18,20). The molecule has 4 heterocycles. The number of pyridine rings is 2. The Hall–Kier alpha value is -1.20. The molecule has 4 rings (SSSR count). The first kappa shape index (κ1) is 13.5. The van der Waals surface area contributed by atoms with Gasteiger partial charge in [-0.15, -0.1) is 0 Å². The number of piperidine rings is 1. The first-order valence-corrected chi connectivity index (χ1v) is 8.51. The molecule has 2 atom stereocenters. The zero-order valence-corrected chi connectivity index (χ0v) is 13.5. The molecule has 2 unspecified atom stereocenters. The molecule has 0 saturated carbocycles. The summed E-state index contributed by atoms with van der Waals surface area (Å²) in [7, 11) is 0. The maximum atomic E-state index is 4.54. The van der Waals surface area contributed by atoms with E-state index in [0.29, 0.717) is 12.1 Å². The summed E-state index contributed by atoms with van der Waals surface area (Å²) in [5, 5.41) is 3.74. The van der Waals surface area contributed by atoms with Gasteiger partial charge < -0.3 is 5.32 Å². The topological polar surface area (TPSA) is 41.1 Å². The molecular formula is C16H19BrN4. The van der Waals surface area contributed by atoms with E-state index in [-0.39, 0.29) is 0 Å². The van der Waals surface area contributed by atoms with E-state index < -0.39 is 0 Å². The fraction of sp³-hybridized carbons (Fsp3) is 0.500. The number of hydrogen-bond donors (Lipinski definition) is 1. The highest BCUT2D eigenvalue weighted by molar-refractivity contribution is 9.10. The van der Waals surface area contributed by atoms with Gasteiger partial charge in [0, 0.05) is 35.5 Å². The first-order chi connectivity index (χ1) is 10.3. The number of rotatable bonds is 2. The summed E-state index contributed by atoms with van der Waals surface area (Å²) in [5.41, 5.74) is 3.02. The average Bonchev–Trinajstić information content (AvgIpc) is 2.91. The average molecular weight is 347 g/mol. The van der Waals surface area contributed by atoms with Crippen molar-refractivity contribution in [2.24, 2.45) is 0 Å². The SMILES string of the molecule is Brc1cnc2c(NC3CCN4CCCCC34)ccnc2c1. The Balaban J connectivity index is 1.62. The fourth-order valence-electron chi connectivity index (χ4n) is 3.74. The molecule has 21 heavy (non-hydrogen) atoms. The Morgan fingerprint density at radius 2 is 2.14 bits per heavy atom. The Labute approximate surface area is 133 Å². The molecule has 2 saturated heterocycles. The minimum atomic E-state index is 0.543. The Morgan fingerprint density at radius 3 is 3.10 bits per heavy atom. The third-order valence-electron chi connectivity index (χ3n) is 4.74. The second-order valence-corrected chi connectivity index (χ2v) is 6.93. The molecule has 2 aromatic heterocycles. The van der Waals surface area contributed by atoms with Crippen LogP contribution in [-0.2, 0) is 0 Å². The van der Waals surface area contributed by atoms with Crippen molar-refractivity contribution in [1.29, 1.82) is 0 Å². The van der Waals surface area contributed by atoms with Crippen LogP contribution in [0.4, 0.5) is 5.69 Å². The van der Waals surface area contributed by atoms with E-state index in [0.717, 1.165) is 21.2 Å². The normalized spacial score (nSPS) is 26.0. The van der Waals surface area contributed by atoms with Gasteiger partial charge in [-0.2, -0.15) is 0 Å². The summed E-state index contributed by atoms with van der Waals surface area (Å²) in [5.74, 6) is 0. The smallest absolute Gasteiger partial charge is 0.112 e. The monoisotopic (exact) mass is 346 g/mol. The van der Waals surface area contributed by atoms with Crippen LogP contribution in [0.15, 0.2) is 29.0 Å². The summed E-state index contributed by atoms with van der Waals surface area (Å²) < 4.78 is 0.971. The predicted molar refractivity (Wildman–Crippen MR) is 88.5 cm³/mol. The van der Waals surface area contributed by atoms with E-state index in [1.165, 1.54) is 38.8 Å². The third kappa shape index (κ3) is 2.53.